The fourth-order valence-corrected chi connectivity index (χ4v) is 1.96. The number of rotatable bonds is 4. The van der Waals surface area contributed by atoms with Crippen molar-refractivity contribution in [3.05, 3.63) is 47.8 Å². The van der Waals surface area contributed by atoms with Gasteiger partial charge in [0.25, 0.3) is 0 Å². The molecule has 1 atom stereocenters. The Labute approximate surface area is 101 Å². The van der Waals surface area contributed by atoms with Gasteiger partial charge in [-0.2, -0.15) is 5.10 Å². The molecule has 0 saturated carbocycles. The minimum atomic E-state index is 0.0137. The van der Waals surface area contributed by atoms with Crippen molar-refractivity contribution >= 4 is 0 Å². The molecule has 0 saturated heterocycles. The molecular formula is C13H17N3O. The highest BCUT2D eigenvalue weighted by Gasteiger charge is 2.16. The average molecular weight is 231 g/mol. The third-order valence-electron chi connectivity index (χ3n) is 2.81. The minimum Gasteiger partial charge on any atom is -0.496 e. The first-order chi connectivity index (χ1) is 8.26. The van der Waals surface area contributed by atoms with Crippen LogP contribution in [0.3, 0.4) is 0 Å². The van der Waals surface area contributed by atoms with Crippen molar-refractivity contribution in [2.75, 3.05) is 13.7 Å². The van der Waals surface area contributed by atoms with E-state index in [2.05, 4.69) is 18.1 Å². The second-order valence-electron chi connectivity index (χ2n) is 3.98. The van der Waals surface area contributed by atoms with E-state index >= 15 is 0 Å². The molecule has 4 nitrogen and oxygen atoms in total. The van der Waals surface area contributed by atoms with Gasteiger partial charge in [0.1, 0.15) is 5.75 Å². The lowest BCUT2D eigenvalue weighted by molar-refractivity contribution is 0.398. The van der Waals surface area contributed by atoms with Gasteiger partial charge in [-0.25, -0.2) is 0 Å². The molecule has 0 radical (unpaired) electrons. The number of hydrogen-bond donors (Lipinski definition) is 1. The second-order valence-corrected chi connectivity index (χ2v) is 3.98. The number of aromatic nitrogens is 2. The van der Waals surface area contributed by atoms with E-state index < -0.39 is 0 Å². The molecule has 4 heteroatoms. The van der Waals surface area contributed by atoms with E-state index in [1.165, 1.54) is 5.56 Å². The van der Waals surface area contributed by atoms with Crippen LogP contribution in [0.15, 0.2) is 36.7 Å². The first-order valence-corrected chi connectivity index (χ1v) is 5.60. The topological polar surface area (TPSA) is 53.1 Å². The molecule has 1 aromatic heterocycles. The highest BCUT2D eigenvalue weighted by molar-refractivity contribution is 5.39. The van der Waals surface area contributed by atoms with Crippen LogP contribution < -0.4 is 10.5 Å². The standard InChI is InChI=1S/C13H17N3O/c1-10-4-5-13(17-2)11(8-10)12(9-14)16-7-3-6-15-16/h3-8,12H,9,14H2,1-2H3. The van der Waals surface area contributed by atoms with Gasteiger partial charge in [-0.1, -0.05) is 17.7 Å². The largest absolute Gasteiger partial charge is 0.496 e. The summed E-state index contributed by atoms with van der Waals surface area (Å²) in [7, 11) is 1.67. The molecule has 0 bridgehead atoms. The molecule has 1 aromatic carbocycles. The summed E-state index contributed by atoms with van der Waals surface area (Å²) in [5.41, 5.74) is 8.11. The minimum absolute atomic E-state index is 0.0137. The number of nitrogens with zero attached hydrogens (tertiary/aromatic N) is 2. The number of methoxy groups -OCH3 is 1. The molecule has 90 valence electrons. The Hall–Kier alpha value is -1.81. The molecule has 0 aliphatic carbocycles. The fourth-order valence-electron chi connectivity index (χ4n) is 1.96. The number of benzene rings is 1. The van der Waals surface area contributed by atoms with E-state index in [1.807, 2.05) is 29.1 Å². The Bertz CT molecular complexity index is 479. The van der Waals surface area contributed by atoms with Crippen molar-refractivity contribution in [3.8, 4) is 5.75 Å². The molecule has 2 aromatic rings. The van der Waals surface area contributed by atoms with Crippen LogP contribution in [0.5, 0.6) is 5.75 Å². The summed E-state index contributed by atoms with van der Waals surface area (Å²) in [6.07, 6.45) is 3.67. The number of hydrogen-bond acceptors (Lipinski definition) is 3. The Balaban J connectivity index is 2.46. The van der Waals surface area contributed by atoms with Gasteiger partial charge in [-0.15, -0.1) is 0 Å². The number of ether oxygens (including phenoxy) is 1. The Morgan fingerprint density at radius 3 is 2.88 bits per heavy atom. The van der Waals surface area contributed by atoms with E-state index in [0.29, 0.717) is 6.54 Å². The van der Waals surface area contributed by atoms with Crippen molar-refractivity contribution in [1.29, 1.82) is 0 Å². The number of aryl methyl sites for hydroxylation is 1. The zero-order valence-corrected chi connectivity index (χ0v) is 10.1. The molecule has 0 fully saturated rings. The Kier molecular flexibility index (Phi) is 3.44. The molecule has 1 unspecified atom stereocenters. The van der Waals surface area contributed by atoms with E-state index in [9.17, 15) is 0 Å². The van der Waals surface area contributed by atoms with Gasteiger partial charge < -0.3 is 10.5 Å². The van der Waals surface area contributed by atoms with Crippen LogP contribution in [0.25, 0.3) is 0 Å². The molecule has 2 N–H and O–H groups in total. The Morgan fingerprint density at radius 1 is 1.47 bits per heavy atom. The highest BCUT2D eigenvalue weighted by Crippen LogP contribution is 2.27. The molecule has 2 rings (SSSR count). The van der Waals surface area contributed by atoms with Crippen molar-refractivity contribution in [3.63, 3.8) is 0 Å². The monoisotopic (exact) mass is 231 g/mol. The molecule has 1 heterocycles. The highest BCUT2D eigenvalue weighted by atomic mass is 16.5. The summed E-state index contributed by atoms with van der Waals surface area (Å²) in [6, 6.07) is 8.00. The normalized spacial score (nSPS) is 12.4. The van der Waals surface area contributed by atoms with Crippen molar-refractivity contribution in [2.45, 2.75) is 13.0 Å². The summed E-state index contributed by atoms with van der Waals surface area (Å²) in [6.45, 7) is 2.54. The second kappa shape index (κ2) is 5.01. The van der Waals surface area contributed by atoms with Crippen molar-refractivity contribution < 1.29 is 4.74 Å². The van der Waals surface area contributed by atoms with Crippen LogP contribution in [0.2, 0.25) is 0 Å². The van der Waals surface area contributed by atoms with E-state index in [0.717, 1.165) is 11.3 Å². The van der Waals surface area contributed by atoms with E-state index in [4.69, 9.17) is 10.5 Å². The maximum atomic E-state index is 5.85. The zero-order chi connectivity index (χ0) is 12.3. The quantitative estimate of drug-likeness (QED) is 0.872. The average Bonchev–Trinajstić information content (AvgIpc) is 2.84. The number of nitrogens with two attached hydrogens (primary N) is 1. The predicted molar refractivity (Wildman–Crippen MR) is 67.2 cm³/mol. The summed E-state index contributed by atoms with van der Waals surface area (Å²) in [5, 5.41) is 4.25. The first-order valence-electron chi connectivity index (χ1n) is 5.60. The smallest absolute Gasteiger partial charge is 0.124 e. The van der Waals surface area contributed by atoms with Gasteiger partial charge in [0, 0.05) is 24.5 Å². The fraction of sp³-hybridized carbons (Fsp3) is 0.308. The first kappa shape index (κ1) is 11.7. The van der Waals surface area contributed by atoms with Gasteiger partial charge in [0.05, 0.1) is 13.2 Å². The predicted octanol–water partition coefficient (Wildman–Crippen LogP) is 1.75. The molecule has 0 amide bonds. The summed E-state index contributed by atoms with van der Waals surface area (Å²) in [4.78, 5) is 0. The van der Waals surface area contributed by atoms with Crippen LogP contribution in [-0.2, 0) is 0 Å². The SMILES string of the molecule is COc1ccc(C)cc1C(CN)n1cccn1. The lowest BCUT2D eigenvalue weighted by atomic mass is 10.0. The third kappa shape index (κ3) is 2.31. The lowest BCUT2D eigenvalue weighted by Gasteiger charge is -2.19. The molecule has 17 heavy (non-hydrogen) atoms. The third-order valence-corrected chi connectivity index (χ3v) is 2.81. The van der Waals surface area contributed by atoms with E-state index in [-0.39, 0.29) is 6.04 Å². The maximum absolute atomic E-state index is 5.85. The van der Waals surface area contributed by atoms with Gasteiger partial charge >= 0.3 is 0 Å². The van der Waals surface area contributed by atoms with Crippen LogP contribution in [0.1, 0.15) is 17.2 Å². The molecular weight excluding hydrogens is 214 g/mol. The lowest BCUT2D eigenvalue weighted by Crippen LogP contribution is -2.21. The van der Waals surface area contributed by atoms with Gasteiger partial charge in [0.15, 0.2) is 0 Å². The van der Waals surface area contributed by atoms with Gasteiger partial charge in [-0.05, 0) is 19.1 Å². The van der Waals surface area contributed by atoms with Crippen LogP contribution >= 0.6 is 0 Å². The van der Waals surface area contributed by atoms with Gasteiger partial charge in [0.2, 0.25) is 0 Å². The Morgan fingerprint density at radius 2 is 2.29 bits per heavy atom. The summed E-state index contributed by atoms with van der Waals surface area (Å²) >= 11 is 0. The zero-order valence-electron chi connectivity index (χ0n) is 10.1. The van der Waals surface area contributed by atoms with E-state index in [1.54, 1.807) is 13.3 Å². The van der Waals surface area contributed by atoms with Crippen LogP contribution in [-0.4, -0.2) is 23.4 Å². The molecule has 0 spiro atoms. The molecule has 0 aliphatic rings. The maximum Gasteiger partial charge on any atom is 0.124 e. The summed E-state index contributed by atoms with van der Waals surface area (Å²) < 4.78 is 7.24. The summed E-state index contributed by atoms with van der Waals surface area (Å²) in [5.74, 6) is 0.849. The van der Waals surface area contributed by atoms with Crippen LogP contribution in [0, 0.1) is 6.92 Å². The van der Waals surface area contributed by atoms with Crippen molar-refractivity contribution in [1.82, 2.24) is 9.78 Å². The van der Waals surface area contributed by atoms with Crippen molar-refractivity contribution in [2.24, 2.45) is 5.73 Å². The van der Waals surface area contributed by atoms with Gasteiger partial charge in [-0.3, -0.25) is 4.68 Å². The van der Waals surface area contributed by atoms with Crippen LogP contribution in [0.4, 0.5) is 0 Å². The molecule has 0 aliphatic heterocycles.